The minimum absolute atomic E-state index is 0.180. The predicted molar refractivity (Wildman–Crippen MR) is 64.1 cm³/mol. The van der Waals surface area contributed by atoms with E-state index in [1.807, 2.05) is 32.2 Å². The largest absolute Gasteiger partial charge is 0.390 e. The van der Waals surface area contributed by atoms with E-state index in [1.54, 1.807) is 11.3 Å². The molecule has 0 saturated carbocycles. The summed E-state index contributed by atoms with van der Waals surface area (Å²) >= 11 is 1.61. The zero-order valence-electron chi connectivity index (χ0n) is 9.60. The second-order valence-electron chi connectivity index (χ2n) is 3.94. The Labute approximate surface area is 95.6 Å². The molecule has 2 unspecified atom stereocenters. The first kappa shape index (κ1) is 12.7. The Kier molecular flexibility index (Phi) is 4.77. The summed E-state index contributed by atoms with van der Waals surface area (Å²) in [4.78, 5) is 1.09. The molecule has 1 aromatic heterocycles. The molecular weight excluding hydrogens is 208 g/mol. The van der Waals surface area contributed by atoms with Crippen LogP contribution in [0.15, 0.2) is 11.4 Å². The van der Waals surface area contributed by atoms with Gasteiger partial charge in [-0.25, -0.2) is 0 Å². The average molecular weight is 228 g/mol. The highest BCUT2D eigenvalue weighted by molar-refractivity contribution is 7.10. The van der Waals surface area contributed by atoms with Crippen molar-refractivity contribution in [2.75, 3.05) is 0 Å². The smallest absolute Gasteiger partial charge is 0.106 e. The molecule has 0 aromatic carbocycles. The molecule has 2 atom stereocenters. The lowest BCUT2D eigenvalue weighted by Gasteiger charge is -2.25. The van der Waals surface area contributed by atoms with E-state index in [0.29, 0.717) is 0 Å². The van der Waals surface area contributed by atoms with Gasteiger partial charge in [0.05, 0.1) is 6.10 Å². The minimum Gasteiger partial charge on any atom is -0.390 e. The molecule has 3 heteroatoms. The molecule has 0 aliphatic rings. The fourth-order valence-electron chi connectivity index (χ4n) is 1.92. The number of aryl methyl sites for hydroxylation is 1. The first-order chi connectivity index (χ1) is 7.11. The van der Waals surface area contributed by atoms with E-state index in [-0.39, 0.29) is 5.92 Å². The fraction of sp³-hybridized carbons (Fsp3) is 0.667. The van der Waals surface area contributed by atoms with Crippen molar-refractivity contribution in [2.45, 2.75) is 45.8 Å². The molecule has 0 spiro atoms. The highest BCUT2D eigenvalue weighted by atomic mass is 32.1. The maximum absolute atomic E-state index is 10.0. The van der Waals surface area contributed by atoms with Gasteiger partial charge in [0.15, 0.2) is 0 Å². The Hall–Kier alpha value is -0.380. The molecule has 15 heavy (non-hydrogen) atoms. The number of aliphatic hydroxyl groups excluding tert-OH is 2. The number of hydrogen-bond donors (Lipinski definition) is 2. The van der Waals surface area contributed by atoms with Crippen molar-refractivity contribution in [3.8, 4) is 0 Å². The van der Waals surface area contributed by atoms with Crippen molar-refractivity contribution in [3.63, 3.8) is 0 Å². The maximum Gasteiger partial charge on any atom is 0.106 e. The van der Waals surface area contributed by atoms with Gasteiger partial charge in [-0.1, -0.05) is 26.7 Å². The topological polar surface area (TPSA) is 40.5 Å². The first-order valence-electron chi connectivity index (χ1n) is 5.51. The fourth-order valence-corrected chi connectivity index (χ4v) is 2.66. The SMILES string of the molecule is CCC(CC)C(O)C(O)c1ccsc1C. The van der Waals surface area contributed by atoms with Crippen LogP contribution in [-0.2, 0) is 0 Å². The predicted octanol–water partition coefficient (Wildman–Crippen LogP) is 2.89. The molecule has 0 fully saturated rings. The van der Waals surface area contributed by atoms with Gasteiger partial charge in [-0.15, -0.1) is 11.3 Å². The van der Waals surface area contributed by atoms with Crippen molar-refractivity contribution in [2.24, 2.45) is 5.92 Å². The van der Waals surface area contributed by atoms with E-state index in [9.17, 15) is 10.2 Å². The Morgan fingerprint density at radius 2 is 1.87 bits per heavy atom. The number of thiophene rings is 1. The second-order valence-corrected chi connectivity index (χ2v) is 5.06. The third kappa shape index (κ3) is 2.80. The Balaban J connectivity index is 2.76. The third-order valence-corrected chi connectivity index (χ3v) is 3.93. The molecule has 1 aromatic rings. The summed E-state index contributed by atoms with van der Waals surface area (Å²) in [6.45, 7) is 6.07. The van der Waals surface area contributed by atoms with Gasteiger partial charge >= 0.3 is 0 Å². The zero-order valence-corrected chi connectivity index (χ0v) is 10.4. The number of aliphatic hydroxyl groups is 2. The number of rotatable bonds is 5. The molecule has 0 saturated heterocycles. The van der Waals surface area contributed by atoms with Crippen molar-refractivity contribution in [1.29, 1.82) is 0 Å². The lowest BCUT2D eigenvalue weighted by molar-refractivity contribution is -0.0210. The average Bonchev–Trinajstić information content (AvgIpc) is 2.65. The van der Waals surface area contributed by atoms with Crippen LogP contribution in [0.5, 0.6) is 0 Å². The van der Waals surface area contributed by atoms with Crippen LogP contribution in [0.25, 0.3) is 0 Å². The van der Waals surface area contributed by atoms with E-state index >= 15 is 0 Å². The summed E-state index contributed by atoms with van der Waals surface area (Å²) in [5, 5.41) is 22.0. The van der Waals surface area contributed by atoms with Crippen LogP contribution in [-0.4, -0.2) is 16.3 Å². The lowest BCUT2D eigenvalue weighted by Crippen LogP contribution is -2.27. The summed E-state index contributed by atoms with van der Waals surface area (Å²) in [6, 6.07) is 1.90. The van der Waals surface area contributed by atoms with Crippen LogP contribution >= 0.6 is 11.3 Å². The second kappa shape index (κ2) is 5.64. The quantitative estimate of drug-likeness (QED) is 0.813. The van der Waals surface area contributed by atoms with Gasteiger partial charge in [-0.05, 0) is 29.9 Å². The summed E-state index contributed by atoms with van der Waals surface area (Å²) in [5.74, 6) is 0.180. The Bertz CT molecular complexity index is 292. The molecule has 0 radical (unpaired) electrons. The van der Waals surface area contributed by atoms with Crippen LogP contribution in [0, 0.1) is 12.8 Å². The molecule has 2 N–H and O–H groups in total. The molecule has 1 heterocycles. The lowest BCUT2D eigenvalue weighted by atomic mass is 9.90. The first-order valence-corrected chi connectivity index (χ1v) is 6.39. The van der Waals surface area contributed by atoms with E-state index in [4.69, 9.17) is 0 Å². The highest BCUT2D eigenvalue weighted by Crippen LogP contribution is 2.29. The van der Waals surface area contributed by atoms with Gasteiger partial charge in [0.2, 0.25) is 0 Å². The van der Waals surface area contributed by atoms with Gasteiger partial charge in [-0.3, -0.25) is 0 Å². The van der Waals surface area contributed by atoms with E-state index < -0.39 is 12.2 Å². The van der Waals surface area contributed by atoms with Crippen molar-refractivity contribution in [3.05, 3.63) is 21.9 Å². The number of hydrogen-bond acceptors (Lipinski definition) is 3. The summed E-state index contributed by atoms with van der Waals surface area (Å²) < 4.78 is 0. The van der Waals surface area contributed by atoms with Crippen molar-refractivity contribution < 1.29 is 10.2 Å². The molecule has 2 nitrogen and oxygen atoms in total. The van der Waals surface area contributed by atoms with Gasteiger partial charge < -0.3 is 10.2 Å². The molecule has 0 bridgehead atoms. The van der Waals surface area contributed by atoms with Crippen molar-refractivity contribution >= 4 is 11.3 Å². The summed E-state index contributed by atoms with van der Waals surface area (Å²) in [7, 11) is 0. The van der Waals surface area contributed by atoms with Gasteiger partial charge in [0.1, 0.15) is 6.10 Å². The van der Waals surface area contributed by atoms with Crippen LogP contribution in [0.1, 0.15) is 43.2 Å². The van der Waals surface area contributed by atoms with Gasteiger partial charge in [-0.2, -0.15) is 0 Å². The normalized spacial score (nSPS) is 15.6. The van der Waals surface area contributed by atoms with E-state index in [1.165, 1.54) is 0 Å². The minimum atomic E-state index is -0.735. The summed E-state index contributed by atoms with van der Waals surface area (Å²) in [5.41, 5.74) is 0.874. The standard InChI is InChI=1S/C12H20O2S/c1-4-9(5-2)11(13)12(14)10-6-7-15-8(10)3/h6-7,9,11-14H,4-5H2,1-3H3. The van der Waals surface area contributed by atoms with E-state index in [2.05, 4.69) is 0 Å². The summed E-state index contributed by atoms with van der Waals surface area (Å²) in [6.07, 6.45) is 0.421. The molecule has 1 rings (SSSR count). The van der Waals surface area contributed by atoms with Gasteiger partial charge in [0.25, 0.3) is 0 Å². The van der Waals surface area contributed by atoms with Crippen LogP contribution in [0.2, 0.25) is 0 Å². The van der Waals surface area contributed by atoms with E-state index in [0.717, 1.165) is 23.3 Å². The molecular formula is C12H20O2S. The molecule has 0 amide bonds. The van der Waals surface area contributed by atoms with Crippen LogP contribution in [0.3, 0.4) is 0 Å². The maximum atomic E-state index is 10.0. The van der Waals surface area contributed by atoms with Crippen LogP contribution < -0.4 is 0 Å². The Morgan fingerprint density at radius 1 is 1.27 bits per heavy atom. The Morgan fingerprint density at radius 3 is 2.27 bits per heavy atom. The van der Waals surface area contributed by atoms with Gasteiger partial charge in [0, 0.05) is 4.88 Å². The highest BCUT2D eigenvalue weighted by Gasteiger charge is 2.26. The van der Waals surface area contributed by atoms with Crippen LogP contribution in [0.4, 0.5) is 0 Å². The van der Waals surface area contributed by atoms with Crippen molar-refractivity contribution in [1.82, 2.24) is 0 Å². The zero-order chi connectivity index (χ0) is 11.4. The monoisotopic (exact) mass is 228 g/mol. The molecule has 0 aliphatic heterocycles. The molecule has 86 valence electrons. The molecule has 0 aliphatic carbocycles. The third-order valence-electron chi connectivity index (χ3n) is 3.07.